The van der Waals surface area contributed by atoms with Gasteiger partial charge in [-0.25, -0.2) is 0 Å². The van der Waals surface area contributed by atoms with Gasteiger partial charge < -0.3 is 14.9 Å². The van der Waals surface area contributed by atoms with Crippen LogP contribution in [0.5, 0.6) is 0 Å². The zero-order chi connectivity index (χ0) is 23.5. The summed E-state index contributed by atoms with van der Waals surface area (Å²) in [6.07, 6.45) is 14.9. The van der Waals surface area contributed by atoms with Crippen LogP contribution in [0.1, 0.15) is 79.1 Å². The van der Waals surface area contributed by atoms with Gasteiger partial charge in [0.05, 0.1) is 5.41 Å². The number of rotatable bonds is 14. The maximum atomic E-state index is 12.9. The number of ether oxygens (including phenoxy) is 1. The van der Waals surface area contributed by atoms with Crippen molar-refractivity contribution in [3.8, 4) is 0 Å². The molecule has 0 amide bonds. The van der Waals surface area contributed by atoms with Crippen molar-refractivity contribution in [2.75, 3.05) is 6.61 Å². The van der Waals surface area contributed by atoms with E-state index in [1.807, 2.05) is 6.08 Å². The van der Waals surface area contributed by atoms with Crippen LogP contribution < -0.4 is 0 Å². The molecule has 0 aromatic carbocycles. The molecule has 0 radical (unpaired) electrons. The van der Waals surface area contributed by atoms with Gasteiger partial charge in [-0.15, -0.1) is 0 Å². The van der Waals surface area contributed by atoms with E-state index in [4.69, 9.17) is 4.74 Å². The number of carboxylic acids is 1. The van der Waals surface area contributed by atoms with Gasteiger partial charge in [0.15, 0.2) is 11.9 Å². The molecule has 32 heavy (non-hydrogen) atoms. The zero-order valence-electron chi connectivity index (χ0n) is 19.9. The number of allylic oxidation sites excluding steroid dienone is 6. The molecule has 1 fully saturated rings. The van der Waals surface area contributed by atoms with Crippen LogP contribution in [0.3, 0.4) is 0 Å². The van der Waals surface area contributed by atoms with Gasteiger partial charge in [0.2, 0.25) is 0 Å². The van der Waals surface area contributed by atoms with Gasteiger partial charge in [0.1, 0.15) is 5.76 Å². The molecule has 2 aliphatic carbocycles. The number of aliphatic carboxylic acids is 1. The molecule has 1 saturated heterocycles. The summed E-state index contributed by atoms with van der Waals surface area (Å²) < 4.78 is 5.53. The second-order valence-electron chi connectivity index (χ2n) is 10.9. The predicted octanol–water partition coefficient (Wildman–Crippen LogP) is 5.51. The molecule has 3 rings (SSSR count). The Bertz CT molecular complexity index is 868. The number of carbonyl (C=O) groups excluding carboxylic acids is 1. The average molecular weight is 443 g/mol. The van der Waals surface area contributed by atoms with E-state index in [1.54, 1.807) is 13.8 Å². The number of ketones is 1. The largest absolute Gasteiger partial charge is 0.481 e. The van der Waals surface area contributed by atoms with Crippen molar-refractivity contribution in [2.45, 2.75) is 85.2 Å². The smallest absolute Gasteiger partial charge is 0.309 e. The summed E-state index contributed by atoms with van der Waals surface area (Å²) in [5.74, 6) is 0.703. The lowest BCUT2D eigenvalue weighted by Crippen LogP contribution is -2.23. The number of fused-ring (bicyclic) bond motifs is 1. The second kappa shape index (κ2) is 9.78. The molecule has 2 unspecified atom stereocenters. The lowest BCUT2D eigenvalue weighted by atomic mass is 9.85. The summed E-state index contributed by atoms with van der Waals surface area (Å²) in [4.78, 5) is 24.2. The maximum Gasteiger partial charge on any atom is 0.309 e. The fraction of sp³-hybridized carbons (Fsp3) is 0.630. The number of hydrogen-bond acceptors (Lipinski definition) is 4. The fourth-order valence-corrected chi connectivity index (χ4v) is 4.44. The monoisotopic (exact) mass is 442 g/mol. The van der Waals surface area contributed by atoms with Crippen molar-refractivity contribution in [1.82, 2.24) is 0 Å². The van der Waals surface area contributed by atoms with Gasteiger partial charge >= 0.3 is 5.97 Å². The van der Waals surface area contributed by atoms with Crippen LogP contribution in [0.4, 0.5) is 0 Å². The Morgan fingerprint density at radius 3 is 2.50 bits per heavy atom. The highest BCUT2D eigenvalue weighted by Gasteiger charge is 2.42. The van der Waals surface area contributed by atoms with Crippen LogP contribution in [0.2, 0.25) is 0 Å². The molecule has 5 heteroatoms. The van der Waals surface area contributed by atoms with Crippen LogP contribution >= 0.6 is 0 Å². The van der Waals surface area contributed by atoms with E-state index < -0.39 is 11.4 Å². The van der Waals surface area contributed by atoms with Crippen LogP contribution in [-0.2, 0) is 14.3 Å². The summed E-state index contributed by atoms with van der Waals surface area (Å²) in [6.45, 7) is 7.88. The van der Waals surface area contributed by atoms with Crippen LogP contribution in [0, 0.1) is 16.7 Å². The van der Waals surface area contributed by atoms with Crippen LogP contribution in [0.25, 0.3) is 0 Å². The summed E-state index contributed by atoms with van der Waals surface area (Å²) >= 11 is 0. The number of epoxide rings is 1. The minimum atomic E-state index is -0.790. The lowest BCUT2D eigenvalue weighted by Gasteiger charge is -2.21. The van der Waals surface area contributed by atoms with Crippen molar-refractivity contribution in [2.24, 2.45) is 16.7 Å². The van der Waals surface area contributed by atoms with Gasteiger partial charge in [-0.05, 0) is 69.8 Å². The second-order valence-corrected chi connectivity index (χ2v) is 10.9. The van der Waals surface area contributed by atoms with Crippen molar-refractivity contribution in [1.29, 1.82) is 0 Å². The van der Waals surface area contributed by atoms with E-state index in [0.717, 1.165) is 49.0 Å². The Labute approximate surface area is 191 Å². The van der Waals surface area contributed by atoms with E-state index in [0.29, 0.717) is 25.2 Å². The Kier molecular flexibility index (Phi) is 7.49. The average Bonchev–Trinajstić information content (AvgIpc) is 3.19. The highest BCUT2D eigenvalue weighted by molar-refractivity contribution is 6.01. The first-order chi connectivity index (χ1) is 15.0. The van der Waals surface area contributed by atoms with Crippen molar-refractivity contribution in [3.63, 3.8) is 0 Å². The SMILES string of the molecule is CC(C)(CO)CCCC1C=CC(CCC(=O)C2=CC3OC3=C2CCCC(C)(C)C(=O)O)=C1. The number of Topliss-reactive ketones (excluding diaryl/α,β-unsaturated/α-hetero) is 1. The molecule has 5 nitrogen and oxygen atoms in total. The fourth-order valence-electron chi connectivity index (χ4n) is 4.44. The quantitative estimate of drug-likeness (QED) is 0.346. The standard InChI is InChI=1S/C27H38O5/c1-26(2,17-28)13-5-7-18-9-10-19(15-18)11-12-22(29)21-16-23-24(32-23)20(21)8-6-14-27(3,4)25(30)31/h9-10,15-16,18,23,28H,5-8,11-14,17H2,1-4H3,(H,30,31). The first-order valence-electron chi connectivity index (χ1n) is 11.9. The highest BCUT2D eigenvalue weighted by atomic mass is 16.6. The molecular weight excluding hydrogens is 404 g/mol. The lowest BCUT2D eigenvalue weighted by molar-refractivity contribution is -0.147. The van der Waals surface area contributed by atoms with Gasteiger partial charge in [-0.2, -0.15) is 0 Å². The third kappa shape index (κ3) is 6.22. The molecule has 0 saturated carbocycles. The number of aliphatic hydroxyl groups excluding tert-OH is 1. The van der Waals surface area contributed by atoms with Gasteiger partial charge in [0, 0.05) is 24.2 Å². The zero-order valence-corrected chi connectivity index (χ0v) is 19.9. The molecular formula is C27H38O5. The Morgan fingerprint density at radius 2 is 1.81 bits per heavy atom. The van der Waals surface area contributed by atoms with E-state index in [1.165, 1.54) is 5.57 Å². The minimum absolute atomic E-state index is 0.0176. The molecule has 0 spiro atoms. The third-order valence-electron chi connectivity index (χ3n) is 6.95. The Hall–Kier alpha value is -2.14. The molecule has 0 bridgehead atoms. The molecule has 0 aromatic heterocycles. The molecule has 1 heterocycles. The van der Waals surface area contributed by atoms with Gasteiger partial charge in [-0.1, -0.05) is 44.1 Å². The number of hydrogen-bond donors (Lipinski definition) is 2. The van der Waals surface area contributed by atoms with E-state index in [-0.39, 0.29) is 23.9 Å². The summed E-state index contributed by atoms with van der Waals surface area (Å²) in [5.41, 5.74) is 2.22. The number of carboxylic acid groups (broad SMARTS) is 1. The first kappa shape index (κ1) is 24.5. The molecule has 3 aliphatic rings. The Balaban J connectivity index is 1.44. The van der Waals surface area contributed by atoms with E-state index in [2.05, 4.69) is 32.1 Å². The van der Waals surface area contributed by atoms with Gasteiger partial charge in [-0.3, -0.25) is 9.59 Å². The minimum Gasteiger partial charge on any atom is -0.481 e. The molecule has 176 valence electrons. The number of aliphatic hydroxyl groups is 1. The number of carbonyl (C=O) groups is 2. The topological polar surface area (TPSA) is 87.1 Å². The summed E-state index contributed by atoms with van der Waals surface area (Å²) in [6, 6.07) is 0. The first-order valence-corrected chi connectivity index (χ1v) is 11.9. The Morgan fingerprint density at radius 1 is 1.06 bits per heavy atom. The van der Waals surface area contributed by atoms with Crippen LogP contribution in [-0.4, -0.2) is 34.7 Å². The summed E-state index contributed by atoms with van der Waals surface area (Å²) in [5, 5.41) is 18.7. The van der Waals surface area contributed by atoms with Crippen molar-refractivity contribution >= 4 is 11.8 Å². The van der Waals surface area contributed by atoms with Crippen molar-refractivity contribution in [3.05, 3.63) is 46.8 Å². The van der Waals surface area contributed by atoms with E-state index >= 15 is 0 Å². The molecule has 1 aliphatic heterocycles. The van der Waals surface area contributed by atoms with E-state index in [9.17, 15) is 19.8 Å². The maximum absolute atomic E-state index is 12.9. The van der Waals surface area contributed by atoms with Crippen molar-refractivity contribution < 1.29 is 24.5 Å². The predicted molar refractivity (Wildman–Crippen MR) is 125 cm³/mol. The third-order valence-corrected chi connectivity index (χ3v) is 6.95. The van der Waals surface area contributed by atoms with Crippen LogP contribution in [0.15, 0.2) is 46.8 Å². The van der Waals surface area contributed by atoms with Gasteiger partial charge in [0.25, 0.3) is 0 Å². The summed E-state index contributed by atoms with van der Waals surface area (Å²) in [7, 11) is 0. The molecule has 2 N–H and O–H groups in total. The molecule has 2 atom stereocenters. The highest BCUT2D eigenvalue weighted by Crippen LogP contribution is 2.45. The normalized spacial score (nSPS) is 21.9. The molecule has 0 aromatic rings.